The van der Waals surface area contributed by atoms with Gasteiger partial charge in [-0.1, -0.05) is 0 Å². The van der Waals surface area contributed by atoms with Crippen LogP contribution in [0.4, 0.5) is 0 Å². The van der Waals surface area contributed by atoms with Gasteiger partial charge in [0.05, 0.1) is 0 Å². The maximum absolute atomic E-state index is 7.01. The molecule has 0 nitrogen and oxygen atoms in total. The summed E-state index contributed by atoms with van der Waals surface area (Å²) < 4.78 is 11.5. The number of hydrogen-bond donors (Lipinski definition) is 0. The van der Waals surface area contributed by atoms with Crippen molar-refractivity contribution in [3.8, 4) is 11.1 Å². The second kappa shape index (κ2) is 13.7. The van der Waals surface area contributed by atoms with Crippen LogP contribution in [0.15, 0.2) is 94.3 Å². The van der Waals surface area contributed by atoms with E-state index in [2.05, 4.69) is 168 Å². The van der Waals surface area contributed by atoms with Gasteiger partial charge in [-0.25, -0.2) is 0 Å². The molecule has 0 aromatic heterocycles. The van der Waals surface area contributed by atoms with Crippen molar-refractivity contribution < 1.29 is 18.3 Å². The molecule has 0 spiro atoms. The Morgan fingerprint density at radius 2 is 1.16 bits per heavy atom. The third kappa shape index (κ3) is 6.71. The quantitative estimate of drug-likeness (QED) is 0.169. The van der Waals surface area contributed by atoms with E-state index in [1.54, 1.807) is 0 Å². The Morgan fingerprint density at radius 3 is 1.67 bits per heavy atom. The molecular weight excluding hydrogens is 762 g/mol. The van der Waals surface area contributed by atoms with E-state index in [1.807, 2.05) is 6.07 Å². The molecule has 0 bridgehead atoms. The van der Waals surface area contributed by atoms with E-state index in [1.165, 1.54) is 57.6 Å². The predicted octanol–water partition coefficient (Wildman–Crippen LogP) is 12.2. The van der Waals surface area contributed by atoms with Gasteiger partial charge in [0.2, 0.25) is 0 Å². The third-order valence-corrected chi connectivity index (χ3v) is 28.0. The van der Waals surface area contributed by atoms with Gasteiger partial charge in [-0.05, 0) is 0 Å². The van der Waals surface area contributed by atoms with E-state index >= 15 is 0 Å². The Morgan fingerprint density at radius 1 is 0.608 bits per heavy atom. The molecule has 2 aliphatic carbocycles. The molecule has 2 aliphatic rings. The van der Waals surface area contributed by atoms with E-state index in [0.717, 1.165) is 17.9 Å². The average Bonchev–Trinajstić information content (AvgIpc) is 3.67. The molecule has 4 aromatic rings. The van der Waals surface area contributed by atoms with E-state index in [0.29, 0.717) is 0 Å². The number of hydrogen-bond acceptors (Lipinski definition) is 0. The van der Waals surface area contributed by atoms with Crippen molar-refractivity contribution in [2.75, 3.05) is 0 Å². The van der Waals surface area contributed by atoms with Crippen LogP contribution >= 0.6 is 36.4 Å². The van der Waals surface area contributed by atoms with Gasteiger partial charge in [-0.3, -0.25) is 0 Å². The molecule has 0 heterocycles. The van der Waals surface area contributed by atoms with Gasteiger partial charge in [-0.15, -0.1) is 24.8 Å². The summed E-state index contributed by atoms with van der Waals surface area (Å²) in [6.45, 7) is 28.7. The first kappa shape index (κ1) is 41.7. The van der Waals surface area contributed by atoms with Gasteiger partial charge in [0.1, 0.15) is 0 Å². The molecule has 0 atom stereocenters. The zero-order chi connectivity index (χ0) is 36.0. The van der Waals surface area contributed by atoms with Gasteiger partial charge in [0.15, 0.2) is 0 Å². The fourth-order valence-electron chi connectivity index (χ4n) is 9.08. The van der Waals surface area contributed by atoms with Crippen LogP contribution < -0.4 is 9.81 Å². The van der Waals surface area contributed by atoms with Crippen molar-refractivity contribution >= 4 is 50.4 Å². The van der Waals surface area contributed by atoms with Crippen LogP contribution in [-0.4, -0.2) is 4.21 Å². The van der Waals surface area contributed by atoms with Crippen LogP contribution in [0.2, 0.25) is 5.02 Å². The molecule has 0 saturated heterocycles. The summed E-state index contributed by atoms with van der Waals surface area (Å²) in [5.74, 6) is 0. The predicted molar refractivity (Wildman–Crippen MR) is 230 cm³/mol. The molecule has 0 amide bonds. The summed E-state index contributed by atoms with van der Waals surface area (Å²) in [5.41, 5.74) is 11.4. The number of rotatable bonds is 4. The van der Waals surface area contributed by atoms with Gasteiger partial charge in [0.25, 0.3) is 0 Å². The normalized spacial score (nSPS) is 14.7. The first-order valence-electron chi connectivity index (χ1n) is 18.2. The topological polar surface area (TPSA) is 0 Å². The van der Waals surface area contributed by atoms with Crippen LogP contribution in [0.25, 0.3) is 11.1 Å². The van der Waals surface area contributed by atoms with Crippen molar-refractivity contribution in [1.82, 2.24) is 0 Å². The zero-order valence-corrected chi connectivity index (χ0v) is 37.8. The Balaban J connectivity index is 0.00000292. The van der Waals surface area contributed by atoms with Crippen LogP contribution in [0, 0.1) is 0 Å². The van der Waals surface area contributed by atoms with Crippen molar-refractivity contribution in [3.05, 3.63) is 133 Å². The molecule has 51 heavy (non-hydrogen) atoms. The van der Waals surface area contributed by atoms with E-state index < -0.39 is 18.3 Å². The number of benzene rings is 4. The van der Waals surface area contributed by atoms with Crippen LogP contribution in [0.5, 0.6) is 0 Å². The molecular formula is C47H59Cl3Zr. The summed E-state index contributed by atoms with van der Waals surface area (Å²) in [7, 11) is 0. The molecule has 6 rings (SSSR count). The Labute approximate surface area is 327 Å². The standard InChI is InChI=1S/C29H41.C6H4Cl.C6H5.C5H5.CH2.2ClH.Zr/c1-26(2,3)22-14-18-13-19-15-23(27(4,5)6)25(29(10,11)12)17-21(19)20(18)16-24(22)28(7,8)9;7-6-4-2-1-3-5-6;1-2-4-6-5-3-1;1-2-4-5-3-1;;;;/h14,16-17H,13H2,1-12H3;1-2,4-5H;1-5H;1-3H,4H2;1H2;2*1H;. The van der Waals surface area contributed by atoms with Gasteiger partial charge >= 0.3 is 305 Å². The Kier molecular flexibility index (Phi) is 11.2. The molecule has 4 aromatic carbocycles. The fourth-order valence-corrected chi connectivity index (χ4v) is 26.3. The summed E-state index contributed by atoms with van der Waals surface area (Å²) in [6.07, 6.45) is 8.85. The summed E-state index contributed by atoms with van der Waals surface area (Å²) in [4.78, 5) is 0. The molecule has 0 aliphatic heterocycles. The first-order valence-corrected chi connectivity index (χ1v) is 25.2. The third-order valence-electron chi connectivity index (χ3n) is 11.4. The minimum absolute atomic E-state index is 0. The van der Waals surface area contributed by atoms with Crippen LogP contribution in [0.1, 0.15) is 123 Å². The molecule has 0 N–H and O–H groups in total. The summed E-state index contributed by atoms with van der Waals surface area (Å²) in [6, 6.07) is 27.9. The fraction of sp³-hybridized carbons (Fsp3) is 0.383. The maximum atomic E-state index is 7.01. The molecule has 272 valence electrons. The summed E-state index contributed by atoms with van der Waals surface area (Å²) >= 11 is 1.93. The van der Waals surface area contributed by atoms with Crippen molar-refractivity contribution in [3.63, 3.8) is 0 Å². The SMILES string of the molecule is Cl.Cl.[CH2]=[Zr]([C]1=CC=CC1)([c]1ccccc1)([c]1cccc(Cl)c1)[c]1c2c(cc(C(C)(C)C)c1C(C)(C)C)-c1cc(C(C)(C)C)c(C(C)(C)C)cc1C2. The van der Waals surface area contributed by atoms with Crippen molar-refractivity contribution in [2.24, 2.45) is 0 Å². The van der Waals surface area contributed by atoms with Crippen LogP contribution in [0.3, 0.4) is 0 Å². The second-order valence-corrected chi connectivity index (χ2v) is 32.3. The summed E-state index contributed by atoms with van der Waals surface area (Å²) in [5, 5.41) is 0.776. The molecule has 0 saturated carbocycles. The number of allylic oxidation sites excluding steroid dienone is 4. The molecule has 0 radical (unpaired) electrons. The minimum atomic E-state index is -5.08. The second-order valence-electron chi connectivity index (χ2n) is 19.1. The van der Waals surface area contributed by atoms with Gasteiger partial charge in [0, 0.05) is 0 Å². The average molecular weight is 822 g/mol. The molecule has 4 heteroatoms. The van der Waals surface area contributed by atoms with Gasteiger partial charge in [-0.2, -0.15) is 0 Å². The zero-order valence-electron chi connectivity index (χ0n) is 33.0. The van der Waals surface area contributed by atoms with Crippen molar-refractivity contribution in [1.29, 1.82) is 0 Å². The molecule has 0 unspecified atom stereocenters. The van der Waals surface area contributed by atoms with E-state index in [9.17, 15) is 0 Å². The monoisotopic (exact) mass is 818 g/mol. The number of halogens is 3. The van der Waals surface area contributed by atoms with E-state index in [4.69, 9.17) is 15.8 Å². The number of fused-ring (bicyclic) bond motifs is 3. The van der Waals surface area contributed by atoms with Crippen LogP contribution in [-0.2, 0) is 46.4 Å². The Bertz CT molecular complexity index is 2100. The molecule has 0 fully saturated rings. The Hall–Kier alpha value is -2.02. The van der Waals surface area contributed by atoms with E-state index in [-0.39, 0.29) is 46.5 Å². The first-order chi connectivity index (χ1) is 22.6. The van der Waals surface area contributed by atoms with Crippen molar-refractivity contribution in [2.45, 2.75) is 118 Å². The van der Waals surface area contributed by atoms with Gasteiger partial charge < -0.3 is 0 Å².